The Kier molecular flexibility index (Phi) is 3.88. The second-order valence-corrected chi connectivity index (χ2v) is 4.92. The monoisotopic (exact) mass is 286 g/mol. The minimum atomic E-state index is -0.690. The number of aromatic nitrogens is 2. The van der Waals surface area contributed by atoms with Crippen LogP contribution in [0.5, 0.6) is 0 Å². The van der Waals surface area contributed by atoms with Crippen LogP contribution in [0.2, 0.25) is 5.02 Å². The molecule has 0 atom stereocenters. The molecular formula is C11H8ClFN2O2S. The molecule has 0 fully saturated rings. The summed E-state index contributed by atoms with van der Waals surface area (Å²) in [7, 11) is 0. The first-order valence-corrected chi connectivity index (χ1v) is 6.31. The summed E-state index contributed by atoms with van der Waals surface area (Å²) >= 11 is 7.02. The number of hydrogen-bond acceptors (Lipinski definition) is 3. The minimum absolute atomic E-state index is 0.0509. The fourth-order valence-electron chi connectivity index (χ4n) is 1.26. The maximum absolute atomic E-state index is 12.9. The molecule has 0 bridgehead atoms. The largest absolute Gasteiger partial charge is 0.323 e. The van der Waals surface area contributed by atoms with Crippen LogP contribution in [0.1, 0.15) is 5.69 Å². The zero-order chi connectivity index (χ0) is 13.1. The van der Waals surface area contributed by atoms with E-state index in [1.807, 2.05) is 0 Å². The van der Waals surface area contributed by atoms with Crippen molar-refractivity contribution >= 4 is 23.4 Å². The van der Waals surface area contributed by atoms with Gasteiger partial charge in [0.05, 0.1) is 5.02 Å². The van der Waals surface area contributed by atoms with E-state index in [9.17, 15) is 14.0 Å². The van der Waals surface area contributed by atoms with E-state index < -0.39 is 16.9 Å². The van der Waals surface area contributed by atoms with E-state index in [4.69, 9.17) is 11.6 Å². The highest BCUT2D eigenvalue weighted by Gasteiger charge is 2.03. The molecule has 0 aliphatic rings. The van der Waals surface area contributed by atoms with Gasteiger partial charge in [-0.15, -0.1) is 11.8 Å². The molecule has 0 aliphatic heterocycles. The van der Waals surface area contributed by atoms with E-state index in [1.165, 1.54) is 30.1 Å². The van der Waals surface area contributed by atoms with E-state index in [2.05, 4.69) is 9.97 Å². The number of aromatic amines is 2. The lowest BCUT2D eigenvalue weighted by Crippen LogP contribution is -2.29. The zero-order valence-corrected chi connectivity index (χ0v) is 10.6. The molecule has 0 aliphatic carbocycles. The Labute approximate surface area is 110 Å². The van der Waals surface area contributed by atoms with E-state index in [1.54, 1.807) is 6.07 Å². The average Bonchev–Trinajstić information content (AvgIpc) is 2.35. The highest BCUT2D eigenvalue weighted by Crippen LogP contribution is 2.25. The number of H-pyrrole nitrogens is 2. The van der Waals surface area contributed by atoms with Gasteiger partial charge in [-0.1, -0.05) is 11.6 Å². The van der Waals surface area contributed by atoms with Crippen LogP contribution in [0.25, 0.3) is 0 Å². The van der Waals surface area contributed by atoms with E-state index in [0.717, 1.165) is 4.90 Å². The number of benzene rings is 1. The molecule has 94 valence electrons. The highest BCUT2D eigenvalue weighted by atomic mass is 35.5. The summed E-state index contributed by atoms with van der Waals surface area (Å²) in [5.74, 6) is -0.0352. The molecule has 1 aromatic heterocycles. The maximum Gasteiger partial charge on any atom is 0.313 e. The Hall–Kier alpha value is -1.53. The molecule has 0 saturated heterocycles. The van der Waals surface area contributed by atoms with E-state index in [-0.39, 0.29) is 5.02 Å². The molecule has 0 saturated carbocycles. The average molecular weight is 287 g/mol. The number of hydrogen-bond donors (Lipinski definition) is 2. The molecule has 4 nitrogen and oxygen atoms in total. The van der Waals surface area contributed by atoms with Gasteiger partial charge in [-0.2, -0.15) is 0 Å². The normalized spacial score (nSPS) is 10.6. The quantitative estimate of drug-likeness (QED) is 0.671. The van der Waals surface area contributed by atoms with Gasteiger partial charge in [0.1, 0.15) is 5.82 Å². The van der Waals surface area contributed by atoms with Gasteiger partial charge in [0.15, 0.2) is 0 Å². The summed E-state index contributed by atoms with van der Waals surface area (Å²) in [6, 6.07) is 4.38. The van der Waals surface area contributed by atoms with Gasteiger partial charge in [0.25, 0.3) is 0 Å². The first-order valence-electron chi connectivity index (χ1n) is 4.95. The van der Waals surface area contributed by atoms with Crippen molar-refractivity contribution in [1.29, 1.82) is 0 Å². The van der Waals surface area contributed by atoms with Gasteiger partial charge in [0, 0.05) is 22.5 Å². The molecule has 2 aromatic rings. The molecule has 1 heterocycles. The Morgan fingerprint density at radius 2 is 2.06 bits per heavy atom. The van der Waals surface area contributed by atoms with E-state index >= 15 is 0 Å². The number of nitrogens with one attached hydrogen (secondary N) is 2. The van der Waals surface area contributed by atoms with Gasteiger partial charge < -0.3 is 9.97 Å². The molecular weight excluding hydrogens is 279 g/mol. The third kappa shape index (κ3) is 3.02. The zero-order valence-electron chi connectivity index (χ0n) is 9.00. The number of halogens is 2. The van der Waals surface area contributed by atoms with Crippen LogP contribution in [-0.2, 0) is 5.75 Å². The van der Waals surface area contributed by atoms with Gasteiger partial charge >= 0.3 is 11.1 Å². The summed E-state index contributed by atoms with van der Waals surface area (Å²) in [5.41, 5.74) is -0.802. The Morgan fingerprint density at radius 1 is 1.28 bits per heavy atom. The van der Waals surface area contributed by atoms with Crippen molar-refractivity contribution in [1.82, 2.24) is 9.97 Å². The van der Waals surface area contributed by atoms with Crippen LogP contribution in [0.15, 0.2) is 38.9 Å². The smallest absolute Gasteiger partial charge is 0.313 e. The first kappa shape index (κ1) is 12.9. The van der Waals surface area contributed by atoms with Crippen LogP contribution in [-0.4, -0.2) is 9.97 Å². The molecule has 0 unspecified atom stereocenters. The topological polar surface area (TPSA) is 65.7 Å². The molecule has 18 heavy (non-hydrogen) atoms. The minimum Gasteiger partial charge on any atom is -0.323 e. The summed E-state index contributed by atoms with van der Waals surface area (Å²) in [4.78, 5) is 27.5. The second kappa shape index (κ2) is 5.41. The molecule has 0 spiro atoms. The number of rotatable bonds is 3. The van der Waals surface area contributed by atoms with Crippen molar-refractivity contribution in [2.24, 2.45) is 0 Å². The van der Waals surface area contributed by atoms with Gasteiger partial charge in [-0.3, -0.25) is 9.59 Å². The highest BCUT2D eigenvalue weighted by molar-refractivity contribution is 7.98. The fraction of sp³-hybridized carbons (Fsp3) is 0.0909. The Morgan fingerprint density at radius 3 is 2.72 bits per heavy atom. The van der Waals surface area contributed by atoms with E-state index in [0.29, 0.717) is 11.4 Å². The molecule has 7 heteroatoms. The third-order valence-corrected chi connectivity index (χ3v) is 3.48. The van der Waals surface area contributed by atoms with Crippen LogP contribution in [0.3, 0.4) is 0 Å². The number of thioether (sulfide) groups is 1. The lowest BCUT2D eigenvalue weighted by atomic mass is 10.3. The SMILES string of the molecule is O=c1[nH]cc(CSc2ccc(F)c(Cl)c2)[nH]c1=O. The molecule has 2 rings (SSSR count). The fourth-order valence-corrected chi connectivity index (χ4v) is 2.35. The second-order valence-electron chi connectivity index (χ2n) is 3.46. The Bertz CT molecular complexity index is 683. The van der Waals surface area contributed by atoms with Crippen molar-refractivity contribution in [3.8, 4) is 0 Å². The Balaban J connectivity index is 2.11. The third-order valence-electron chi connectivity index (χ3n) is 2.14. The van der Waals surface area contributed by atoms with Crippen molar-refractivity contribution in [2.45, 2.75) is 10.6 Å². The van der Waals surface area contributed by atoms with Crippen molar-refractivity contribution in [2.75, 3.05) is 0 Å². The van der Waals surface area contributed by atoms with Gasteiger partial charge in [-0.05, 0) is 18.2 Å². The predicted octanol–water partition coefficient (Wildman–Crippen LogP) is 2.15. The summed E-state index contributed by atoms with van der Waals surface area (Å²) in [6.07, 6.45) is 1.43. The summed E-state index contributed by atoms with van der Waals surface area (Å²) in [5, 5.41) is 0.0509. The first-order chi connectivity index (χ1) is 8.56. The summed E-state index contributed by atoms with van der Waals surface area (Å²) < 4.78 is 12.9. The van der Waals surface area contributed by atoms with Gasteiger partial charge in [-0.25, -0.2) is 4.39 Å². The van der Waals surface area contributed by atoms with Crippen LogP contribution in [0.4, 0.5) is 4.39 Å². The van der Waals surface area contributed by atoms with Crippen LogP contribution < -0.4 is 11.1 Å². The van der Waals surface area contributed by atoms with Crippen LogP contribution in [0, 0.1) is 5.82 Å². The van der Waals surface area contributed by atoms with Crippen LogP contribution >= 0.6 is 23.4 Å². The van der Waals surface area contributed by atoms with Crippen molar-refractivity contribution in [3.05, 3.63) is 61.6 Å². The maximum atomic E-state index is 12.9. The van der Waals surface area contributed by atoms with Gasteiger partial charge in [0.2, 0.25) is 0 Å². The summed E-state index contributed by atoms with van der Waals surface area (Å²) in [6.45, 7) is 0. The van der Waals surface area contributed by atoms with Crippen molar-refractivity contribution in [3.63, 3.8) is 0 Å². The molecule has 0 radical (unpaired) electrons. The standard InChI is InChI=1S/C11H8ClFN2O2S/c12-8-3-7(1-2-9(8)13)18-5-6-4-14-10(16)11(17)15-6/h1-4H,5H2,(H,14,16)(H,15,17). The lowest BCUT2D eigenvalue weighted by molar-refractivity contribution is 0.627. The predicted molar refractivity (Wildman–Crippen MR) is 68.7 cm³/mol. The van der Waals surface area contributed by atoms with Crippen molar-refractivity contribution < 1.29 is 4.39 Å². The lowest BCUT2D eigenvalue weighted by Gasteiger charge is -2.02. The molecule has 0 amide bonds. The molecule has 1 aromatic carbocycles. The molecule has 2 N–H and O–H groups in total.